The van der Waals surface area contributed by atoms with Crippen LogP contribution >= 0.6 is 11.3 Å². The Morgan fingerprint density at radius 1 is 1.06 bits per heavy atom. The van der Waals surface area contributed by atoms with Crippen LogP contribution in [0.5, 0.6) is 0 Å². The van der Waals surface area contributed by atoms with Gasteiger partial charge in [-0.3, -0.25) is 14.5 Å². The van der Waals surface area contributed by atoms with Crippen molar-refractivity contribution in [3.8, 4) is 10.6 Å². The lowest BCUT2D eigenvalue weighted by molar-refractivity contribution is -0.145. The molecule has 0 aliphatic carbocycles. The number of aromatic nitrogens is 1. The van der Waals surface area contributed by atoms with E-state index in [-0.39, 0.29) is 18.2 Å². The van der Waals surface area contributed by atoms with Gasteiger partial charge in [0.25, 0.3) is 0 Å². The first-order valence-electron chi connectivity index (χ1n) is 10.9. The Balaban J connectivity index is 1.30. The fourth-order valence-electron chi connectivity index (χ4n) is 4.18. The Morgan fingerprint density at radius 2 is 1.74 bits per heavy atom. The molecule has 2 aromatic rings. The summed E-state index contributed by atoms with van der Waals surface area (Å²) in [6.45, 7) is 6.46. The molecule has 0 spiro atoms. The van der Waals surface area contributed by atoms with Crippen LogP contribution < -0.4 is 0 Å². The standard InChI is InChI=1S/C23H30N4O3S/c1-25-10-12-26(13-11-25)15-17-2-4-18(5-3-17)22-24-20(16-31-22)14-21(28)27-8-6-19(7-9-27)23(29)30/h2-5,16,19H,6-15H2,1H3,(H,29,30). The third-order valence-electron chi connectivity index (χ3n) is 6.28. The molecule has 8 heteroatoms. The number of hydrogen-bond acceptors (Lipinski definition) is 6. The Labute approximate surface area is 187 Å². The van der Waals surface area contributed by atoms with Crippen molar-refractivity contribution in [3.05, 3.63) is 40.9 Å². The molecule has 31 heavy (non-hydrogen) atoms. The smallest absolute Gasteiger partial charge is 0.306 e. The Bertz CT molecular complexity index is 898. The van der Waals surface area contributed by atoms with Gasteiger partial charge < -0.3 is 14.9 Å². The maximum absolute atomic E-state index is 12.6. The second-order valence-corrected chi connectivity index (χ2v) is 9.45. The van der Waals surface area contributed by atoms with E-state index in [0.29, 0.717) is 25.9 Å². The molecule has 7 nitrogen and oxygen atoms in total. The van der Waals surface area contributed by atoms with E-state index in [0.717, 1.165) is 49.0 Å². The summed E-state index contributed by atoms with van der Waals surface area (Å²) in [6, 6.07) is 8.58. The highest BCUT2D eigenvalue weighted by molar-refractivity contribution is 7.13. The predicted octanol–water partition coefficient (Wildman–Crippen LogP) is 2.42. The van der Waals surface area contributed by atoms with Crippen molar-refractivity contribution in [1.29, 1.82) is 0 Å². The van der Waals surface area contributed by atoms with E-state index < -0.39 is 5.97 Å². The fourth-order valence-corrected chi connectivity index (χ4v) is 5.01. The van der Waals surface area contributed by atoms with Crippen LogP contribution in [0.1, 0.15) is 24.1 Å². The number of rotatable bonds is 6. The summed E-state index contributed by atoms with van der Waals surface area (Å²) in [5.41, 5.74) is 3.17. The number of nitrogens with zero attached hydrogens (tertiary/aromatic N) is 4. The zero-order valence-electron chi connectivity index (χ0n) is 18.0. The van der Waals surface area contributed by atoms with Gasteiger partial charge in [0.1, 0.15) is 5.01 Å². The summed E-state index contributed by atoms with van der Waals surface area (Å²) in [5.74, 6) is -1.05. The van der Waals surface area contributed by atoms with Crippen LogP contribution in [0.2, 0.25) is 0 Å². The molecule has 1 amide bonds. The molecule has 2 aliphatic heterocycles. The highest BCUT2D eigenvalue weighted by atomic mass is 32.1. The number of likely N-dealkylation sites (N-methyl/N-ethyl adjacent to an activating group) is 1. The largest absolute Gasteiger partial charge is 0.481 e. The number of thiazole rings is 1. The highest BCUT2D eigenvalue weighted by Crippen LogP contribution is 2.25. The fraction of sp³-hybridized carbons (Fsp3) is 0.522. The molecule has 0 atom stereocenters. The molecule has 4 rings (SSSR count). The van der Waals surface area contributed by atoms with Gasteiger partial charge in [0, 0.05) is 56.8 Å². The molecule has 1 aromatic heterocycles. The molecule has 0 radical (unpaired) electrons. The van der Waals surface area contributed by atoms with Crippen molar-refractivity contribution in [2.24, 2.45) is 5.92 Å². The topological polar surface area (TPSA) is 77.0 Å². The van der Waals surface area contributed by atoms with E-state index in [2.05, 4.69) is 46.1 Å². The maximum atomic E-state index is 12.6. The van der Waals surface area contributed by atoms with Crippen molar-refractivity contribution < 1.29 is 14.7 Å². The van der Waals surface area contributed by atoms with Crippen molar-refractivity contribution in [3.63, 3.8) is 0 Å². The van der Waals surface area contributed by atoms with Crippen LogP contribution in [0.15, 0.2) is 29.6 Å². The molecule has 2 fully saturated rings. The van der Waals surface area contributed by atoms with E-state index in [1.165, 1.54) is 5.56 Å². The van der Waals surface area contributed by atoms with Gasteiger partial charge in [0.15, 0.2) is 0 Å². The summed E-state index contributed by atoms with van der Waals surface area (Å²) in [6.07, 6.45) is 1.34. The predicted molar refractivity (Wildman–Crippen MR) is 121 cm³/mol. The molecule has 1 N–H and O–H groups in total. The van der Waals surface area contributed by atoms with Gasteiger partial charge >= 0.3 is 5.97 Å². The minimum absolute atomic E-state index is 0.0308. The number of amides is 1. The summed E-state index contributed by atoms with van der Waals surface area (Å²) in [5, 5.41) is 12.0. The number of aliphatic carboxylic acids is 1. The molecule has 1 aromatic carbocycles. The number of hydrogen-bond donors (Lipinski definition) is 1. The van der Waals surface area contributed by atoms with E-state index in [1.807, 2.05) is 5.38 Å². The molecule has 0 bridgehead atoms. The van der Waals surface area contributed by atoms with Crippen LogP contribution in [-0.2, 0) is 22.6 Å². The van der Waals surface area contributed by atoms with Gasteiger partial charge in [0.2, 0.25) is 5.91 Å². The minimum Gasteiger partial charge on any atom is -0.481 e. The summed E-state index contributed by atoms with van der Waals surface area (Å²) >= 11 is 1.56. The lowest BCUT2D eigenvalue weighted by Gasteiger charge is -2.32. The first-order chi connectivity index (χ1) is 15.0. The van der Waals surface area contributed by atoms with Crippen molar-refractivity contribution in [1.82, 2.24) is 19.7 Å². The van der Waals surface area contributed by atoms with Crippen LogP contribution in [0, 0.1) is 5.92 Å². The first-order valence-corrected chi connectivity index (χ1v) is 11.8. The van der Waals surface area contributed by atoms with Gasteiger partial charge in [0.05, 0.1) is 18.0 Å². The van der Waals surface area contributed by atoms with Crippen LogP contribution in [-0.4, -0.2) is 83.0 Å². The Kier molecular flexibility index (Phi) is 6.99. The quantitative estimate of drug-likeness (QED) is 0.741. The number of benzene rings is 1. The van der Waals surface area contributed by atoms with Gasteiger partial charge in [-0.15, -0.1) is 11.3 Å². The van der Waals surface area contributed by atoms with Crippen molar-refractivity contribution >= 4 is 23.2 Å². The number of likely N-dealkylation sites (tertiary alicyclic amines) is 1. The number of piperazine rings is 1. The number of carbonyl (C=O) groups excluding carboxylic acids is 1. The first kappa shape index (κ1) is 21.9. The average molecular weight is 443 g/mol. The molecular formula is C23H30N4O3S. The summed E-state index contributed by atoms with van der Waals surface area (Å²) in [4.78, 5) is 34.9. The molecule has 2 saturated heterocycles. The zero-order valence-corrected chi connectivity index (χ0v) is 18.8. The number of carboxylic acid groups (broad SMARTS) is 1. The lowest BCUT2D eigenvalue weighted by Crippen LogP contribution is -2.43. The molecule has 3 heterocycles. The monoisotopic (exact) mass is 442 g/mol. The third-order valence-corrected chi connectivity index (χ3v) is 7.22. The Hall–Kier alpha value is -2.29. The molecule has 0 saturated carbocycles. The number of piperidine rings is 1. The van der Waals surface area contributed by atoms with E-state index in [9.17, 15) is 9.59 Å². The summed E-state index contributed by atoms with van der Waals surface area (Å²) in [7, 11) is 2.17. The maximum Gasteiger partial charge on any atom is 0.306 e. The van der Waals surface area contributed by atoms with Gasteiger partial charge in [-0.05, 0) is 25.5 Å². The summed E-state index contributed by atoms with van der Waals surface area (Å²) < 4.78 is 0. The minimum atomic E-state index is -0.759. The van der Waals surface area contributed by atoms with E-state index in [1.54, 1.807) is 16.2 Å². The second kappa shape index (κ2) is 9.89. The zero-order chi connectivity index (χ0) is 21.8. The van der Waals surface area contributed by atoms with E-state index >= 15 is 0 Å². The van der Waals surface area contributed by atoms with Crippen LogP contribution in [0.4, 0.5) is 0 Å². The number of carboxylic acids is 1. The van der Waals surface area contributed by atoms with Crippen LogP contribution in [0.3, 0.4) is 0 Å². The average Bonchev–Trinajstić information content (AvgIpc) is 3.24. The van der Waals surface area contributed by atoms with Gasteiger partial charge in [-0.2, -0.15) is 0 Å². The molecule has 0 unspecified atom stereocenters. The second-order valence-electron chi connectivity index (χ2n) is 8.59. The van der Waals surface area contributed by atoms with Gasteiger partial charge in [-0.1, -0.05) is 24.3 Å². The van der Waals surface area contributed by atoms with Gasteiger partial charge in [-0.25, -0.2) is 4.98 Å². The van der Waals surface area contributed by atoms with Crippen molar-refractivity contribution in [2.45, 2.75) is 25.8 Å². The highest BCUT2D eigenvalue weighted by Gasteiger charge is 2.27. The number of carbonyl (C=O) groups is 2. The van der Waals surface area contributed by atoms with Crippen LogP contribution in [0.25, 0.3) is 10.6 Å². The Morgan fingerprint density at radius 3 is 2.39 bits per heavy atom. The SMILES string of the molecule is CN1CCN(Cc2ccc(-c3nc(CC(=O)N4CCC(C(=O)O)CC4)cs3)cc2)CC1. The normalized spacial score (nSPS) is 18.9. The van der Waals surface area contributed by atoms with Crippen molar-refractivity contribution in [2.75, 3.05) is 46.3 Å². The molecular weight excluding hydrogens is 412 g/mol. The molecule has 2 aliphatic rings. The third kappa shape index (κ3) is 5.70. The molecule has 166 valence electrons. The lowest BCUT2D eigenvalue weighted by atomic mass is 9.97. The van der Waals surface area contributed by atoms with E-state index in [4.69, 9.17) is 5.11 Å².